The number of unbranched alkanes of at least 4 members (excludes halogenated alkanes) is 7. The van der Waals surface area contributed by atoms with Crippen molar-refractivity contribution >= 4 is 11.4 Å². The highest BCUT2D eigenvalue weighted by Gasteiger charge is 2.10. The van der Waals surface area contributed by atoms with E-state index in [1.165, 1.54) is 79.2 Å². The molecule has 2 aromatic rings. The van der Waals surface area contributed by atoms with Crippen molar-refractivity contribution in [3.8, 4) is 0 Å². The second kappa shape index (κ2) is 16.9. The minimum Gasteiger partial charge on any atom is -0.348 e. The van der Waals surface area contributed by atoms with E-state index in [0.29, 0.717) is 0 Å². The van der Waals surface area contributed by atoms with Crippen molar-refractivity contribution < 1.29 is 4.79 Å². The Morgan fingerprint density at radius 3 is 2.12 bits per heavy atom. The molecule has 0 aliphatic heterocycles. The number of rotatable bonds is 16. The fraction of sp³-hybridized carbons (Fsp3) is 0.500. The van der Waals surface area contributed by atoms with E-state index in [-0.39, 0.29) is 0 Å². The van der Waals surface area contributed by atoms with Gasteiger partial charge in [0.2, 0.25) is 0 Å². The Balaban J connectivity index is 2.28. The van der Waals surface area contributed by atoms with Crippen LogP contribution >= 0.6 is 0 Å². The summed E-state index contributed by atoms with van der Waals surface area (Å²) >= 11 is 0. The smallest absolute Gasteiger partial charge is 0.303 e. The molecule has 0 aromatic heterocycles. The second-order valence-electron chi connectivity index (χ2n) is 9.42. The van der Waals surface area contributed by atoms with Crippen LogP contribution in [0.1, 0.15) is 114 Å². The Labute approximate surface area is 208 Å². The highest BCUT2D eigenvalue weighted by molar-refractivity contribution is 5.83. The van der Waals surface area contributed by atoms with Crippen molar-refractivity contribution in [1.82, 2.24) is 0 Å². The minimum atomic E-state index is 0.857. The Morgan fingerprint density at radius 2 is 1.41 bits per heavy atom. The van der Waals surface area contributed by atoms with Gasteiger partial charge >= 0.3 is 5.87 Å². The summed E-state index contributed by atoms with van der Waals surface area (Å²) in [5, 5.41) is 0. The van der Waals surface area contributed by atoms with Gasteiger partial charge in [0.05, 0.1) is 5.57 Å². The average molecular weight is 457 g/mol. The van der Waals surface area contributed by atoms with Crippen molar-refractivity contribution in [1.29, 1.82) is 0 Å². The Bertz CT molecular complexity index is 955. The Hall–Kier alpha value is -2.66. The molecule has 0 aliphatic carbocycles. The van der Waals surface area contributed by atoms with Gasteiger partial charge in [0, 0.05) is 0 Å². The van der Waals surface area contributed by atoms with Gasteiger partial charge in [0.1, 0.15) is 0 Å². The molecule has 0 saturated heterocycles. The SMILES string of the molecule is CCCCCCCCc1ccc(C(=CC(=C=[N+]=[N-])CCCC)c2cccc(CCCC)c2)cc1. The largest absolute Gasteiger partial charge is 0.348 e. The van der Waals surface area contributed by atoms with E-state index < -0.39 is 0 Å². The highest BCUT2D eigenvalue weighted by Crippen LogP contribution is 2.28. The maximum Gasteiger partial charge on any atom is 0.303 e. The van der Waals surface area contributed by atoms with E-state index in [9.17, 15) is 5.53 Å². The van der Waals surface area contributed by atoms with Gasteiger partial charge in [-0.3, -0.25) is 0 Å². The summed E-state index contributed by atoms with van der Waals surface area (Å²) in [5.74, 6) is 2.82. The van der Waals surface area contributed by atoms with Gasteiger partial charge in [-0.15, -0.1) is 4.79 Å². The van der Waals surface area contributed by atoms with E-state index in [2.05, 4.69) is 86.0 Å². The summed E-state index contributed by atoms with van der Waals surface area (Å²) < 4.78 is 0. The molecule has 0 radical (unpaired) electrons. The van der Waals surface area contributed by atoms with Crippen LogP contribution in [-0.4, -0.2) is 10.7 Å². The molecule has 0 atom stereocenters. The maximum absolute atomic E-state index is 9.18. The van der Waals surface area contributed by atoms with Crippen LogP contribution in [0, 0.1) is 0 Å². The zero-order valence-electron chi connectivity index (χ0n) is 21.8. The maximum atomic E-state index is 9.18. The zero-order valence-corrected chi connectivity index (χ0v) is 21.8. The van der Waals surface area contributed by atoms with Crippen molar-refractivity contribution in [2.24, 2.45) is 0 Å². The minimum absolute atomic E-state index is 0.857. The number of hydrogen-bond donors (Lipinski definition) is 0. The van der Waals surface area contributed by atoms with Gasteiger partial charge in [-0.1, -0.05) is 114 Å². The third kappa shape index (κ3) is 10.1. The van der Waals surface area contributed by atoms with E-state index in [1.54, 1.807) is 0 Å². The first-order valence-electron chi connectivity index (χ1n) is 13.6. The van der Waals surface area contributed by atoms with Crippen molar-refractivity contribution in [3.63, 3.8) is 0 Å². The molecule has 2 aromatic carbocycles. The summed E-state index contributed by atoms with van der Waals surface area (Å²) in [6.45, 7) is 6.68. The third-order valence-corrected chi connectivity index (χ3v) is 6.45. The molecule has 0 aliphatic rings. The highest BCUT2D eigenvalue weighted by atomic mass is 14.8. The molecular formula is C32H44N2. The molecule has 0 N–H and O–H groups in total. The van der Waals surface area contributed by atoms with Crippen molar-refractivity contribution in [3.05, 3.63) is 88.0 Å². The van der Waals surface area contributed by atoms with Crippen LogP contribution in [-0.2, 0) is 12.8 Å². The molecule has 0 unspecified atom stereocenters. The predicted molar refractivity (Wildman–Crippen MR) is 147 cm³/mol. The predicted octanol–water partition coefficient (Wildman–Crippen LogP) is 9.38. The number of aryl methyl sites for hydroxylation is 2. The second-order valence-corrected chi connectivity index (χ2v) is 9.42. The average Bonchev–Trinajstić information content (AvgIpc) is 2.87. The van der Waals surface area contributed by atoms with Gasteiger partial charge in [0.25, 0.3) is 0 Å². The summed E-state index contributed by atoms with van der Waals surface area (Å²) in [4.78, 5) is 3.23. The molecule has 0 amide bonds. The van der Waals surface area contributed by atoms with E-state index in [1.807, 2.05) is 0 Å². The fourth-order valence-electron chi connectivity index (χ4n) is 4.34. The number of nitrogens with zero attached hydrogens (tertiary/aromatic N) is 2. The molecule has 2 heteroatoms. The van der Waals surface area contributed by atoms with Gasteiger partial charge in [-0.05, 0) is 72.4 Å². The van der Waals surface area contributed by atoms with Crippen LogP contribution in [0.4, 0.5) is 0 Å². The van der Waals surface area contributed by atoms with Gasteiger partial charge in [-0.25, -0.2) is 0 Å². The van der Waals surface area contributed by atoms with Crippen LogP contribution < -0.4 is 0 Å². The van der Waals surface area contributed by atoms with Crippen LogP contribution in [0.15, 0.2) is 60.2 Å². The van der Waals surface area contributed by atoms with Crippen LogP contribution in [0.2, 0.25) is 0 Å². The van der Waals surface area contributed by atoms with Gasteiger partial charge in [-0.2, -0.15) is 0 Å². The molecule has 182 valence electrons. The summed E-state index contributed by atoms with van der Waals surface area (Å²) in [5.41, 5.74) is 16.5. The quantitative estimate of drug-likeness (QED) is 0.0793. The first-order chi connectivity index (χ1) is 16.7. The van der Waals surface area contributed by atoms with Crippen LogP contribution in [0.3, 0.4) is 0 Å². The van der Waals surface area contributed by atoms with Crippen LogP contribution in [0.5, 0.6) is 0 Å². The first-order valence-corrected chi connectivity index (χ1v) is 13.6. The molecule has 0 fully saturated rings. The molecule has 34 heavy (non-hydrogen) atoms. The summed E-state index contributed by atoms with van der Waals surface area (Å²) in [6.07, 6.45) is 17.8. The first kappa shape index (κ1) is 27.6. The lowest BCUT2D eigenvalue weighted by molar-refractivity contribution is 0.00746. The lowest BCUT2D eigenvalue weighted by atomic mass is 9.92. The zero-order chi connectivity index (χ0) is 24.4. The van der Waals surface area contributed by atoms with E-state index in [0.717, 1.165) is 37.7 Å². The molecule has 0 spiro atoms. The van der Waals surface area contributed by atoms with Crippen LogP contribution in [0.25, 0.3) is 11.1 Å². The van der Waals surface area contributed by atoms with E-state index >= 15 is 0 Å². The Morgan fingerprint density at radius 1 is 0.735 bits per heavy atom. The van der Waals surface area contributed by atoms with E-state index in [4.69, 9.17) is 0 Å². The molecule has 0 bridgehead atoms. The molecule has 0 saturated carbocycles. The number of hydrogen-bond acceptors (Lipinski definition) is 0. The third-order valence-electron chi connectivity index (χ3n) is 6.45. The Kier molecular flexibility index (Phi) is 13.7. The molecule has 2 rings (SSSR count). The summed E-state index contributed by atoms with van der Waals surface area (Å²) in [7, 11) is 0. The molecule has 2 nitrogen and oxygen atoms in total. The summed E-state index contributed by atoms with van der Waals surface area (Å²) in [6, 6.07) is 18.0. The monoisotopic (exact) mass is 456 g/mol. The van der Waals surface area contributed by atoms with Gasteiger partial charge in [0.15, 0.2) is 0 Å². The lowest BCUT2D eigenvalue weighted by Gasteiger charge is -2.12. The lowest BCUT2D eigenvalue weighted by Crippen LogP contribution is -1.94. The van der Waals surface area contributed by atoms with Gasteiger partial charge < -0.3 is 5.53 Å². The van der Waals surface area contributed by atoms with Crippen molar-refractivity contribution in [2.75, 3.05) is 0 Å². The standard InChI is InChI=1S/C32H44N2/c1-4-7-10-11-12-13-17-27-20-22-30(23-21-27)32(25-29(26-34-33)16-9-6-3)31-19-14-18-28(24-31)15-8-5-2/h14,18-25H,4-13,15-17H2,1-3H3. The fourth-order valence-corrected chi connectivity index (χ4v) is 4.34. The normalized spacial score (nSPS) is 11.2. The number of allylic oxidation sites excluding steroid dienone is 2. The molecule has 0 heterocycles. The number of benzene rings is 2. The van der Waals surface area contributed by atoms with Crippen molar-refractivity contribution in [2.45, 2.75) is 104 Å². The molecular weight excluding hydrogens is 412 g/mol. The topological polar surface area (TPSA) is 36.4 Å².